The lowest BCUT2D eigenvalue weighted by Gasteiger charge is -2.28. The second kappa shape index (κ2) is 5.45. The van der Waals surface area contributed by atoms with E-state index >= 15 is 0 Å². The molecule has 0 bridgehead atoms. The fourth-order valence-electron chi connectivity index (χ4n) is 2.13. The number of para-hydroxylation sites is 1. The monoisotopic (exact) mass is 242 g/mol. The Balaban J connectivity index is 2.06. The summed E-state index contributed by atoms with van der Waals surface area (Å²) in [5.41, 5.74) is 0.458. The average Bonchev–Trinajstić information content (AvgIpc) is 2.23. The number of aliphatic hydroxyl groups is 1. The van der Waals surface area contributed by atoms with Crippen LogP contribution in [0.15, 0.2) is 24.3 Å². The third-order valence-corrected chi connectivity index (χ3v) is 3.28. The van der Waals surface area contributed by atoms with Crippen LogP contribution in [-0.4, -0.2) is 11.7 Å². The predicted molar refractivity (Wildman–Crippen MR) is 60.0 cm³/mol. The molecule has 0 saturated heterocycles. The first kappa shape index (κ1) is 12.3. The topological polar surface area (TPSA) is 29.5 Å². The Labute approximate surface area is 99.2 Å². The summed E-state index contributed by atoms with van der Waals surface area (Å²) in [4.78, 5) is 0. The molecule has 1 saturated carbocycles. The zero-order valence-electron chi connectivity index (χ0n) is 9.48. The van der Waals surface area contributed by atoms with Gasteiger partial charge in [0.2, 0.25) is 0 Å². The summed E-state index contributed by atoms with van der Waals surface area (Å²) in [6, 6.07) is 6.45. The Kier molecular flexibility index (Phi) is 3.94. The molecule has 0 spiro atoms. The highest BCUT2D eigenvalue weighted by Gasteiger charge is 2.23. The largest absolute Gasteiger partial charge is 0.434 e. The smallest absolute Gasteiger partial charge is 0.387 e. The van der Waals surface area contributed by atoms with Crippen molar-refractivity contribution in [2.24, 2.45) is 5.92 Å². The van der Waals surface area contributed by atoms with E-state index in [1.807, 2.05) is 0 Å². The molecule has 1 aliphatic carbocycles. The summed E-state index contributed by atoms with van der Waals surface area (Å²) >= 11 is 0. The van der Waals surface area contributed by atoms with E-state index in [1.165, 1.54) is 12.5 Å². The van der Waals surface area contributed by atoms with E-state index in [2.05, 4.69) is 4.74 Å². The maximum atomic E-state index is 12.2. The van der Waals surface area contributed by atoms with Crippen LogP contribution in [0.1, 0.15) is 37.4 Å². The second-order valence-electron chi connectivity index (χ2n) is 4.46. The van der Waals surface area contributed by atoms with Gasteiger partial charge < -0.3 is 9.84 Å². The van der Waals surface area contributed by atoms with Crippen molar-refractivity contribution in [2.75, 3.05) is 0 Å². The van der Waals surface area contributed by atoms with Crippen LogP contribution in [0.25, 0.3) is 0 Å². The molecule has 94 valence electrons. The highest BCUT2D eigenvalue weighted by molar-refractivity contribution is 5.35. The van der Waals surface area contributed by atoms with Crippen LogP contribution in [0.3, 0.4) is 0 Å². The molecule has 2 rings (SSSR count). The molecule has 0 aromatic heterocycles. The van der Waals surface area contributed by atoms with Gasteiger partial charge in [-0.1, -0.05) is 37.5 Å². The number of hydrogen-bond donors (Lipinski definition) is 1. The van der Waals surface area contributed by atoms with Crippen molar-refractivity contribution in [3.8, 4) is 5.75 Å². The van der Waals surface area contributed by atoms with Crippen molar-refractivity contribution in [1.82, 2.24) is 0 Å². The summed E-state index contributed by atoms with van der Waals surface area (Å²) in [6.45, 7) is -2.85. The summed E-state index contributed by atoms with van der Waals surface area (Å²) in [6.07, 6.45) is 3.36. The standard InChI is InChI=1S/C13H16F2O2/c14-13(15)17-12-7-2-1-6-10(12)11(16)8-9-4-3-5-9/h1-2,6-7,9,11,13,16H,3-5,8H2. The van der Waals surface area contributed by atoms with Crippen molar-refractivity contribution in [1.29, 1.82) is 0 Å². The minimum absolute atomic E-state index is 0.0781. The highest BCUT2D eigenvalue weighted by atomic mass is 19.3. The van der Waals surface area contributed by atoms with Crippen LogP contribution >= 0.6 is 0 Å². The zero-order chi connectivity index (χ0) is 12.3. The Morgan fingerprint density at radius 2 is 2.00 bits per heavy atom. The third kappa shape index (κ3) is 3.16. The number of ether oxygens (including phenoxy) is 1. The van der Waals surface area contributed by atoms with E-state index in [0.717, 1.165) is 12.8 Å². The molecule has 1 aliphatic rings. The third-order valence-electron chi connectivity index (χ3n) is 3.28. The van der Waals surface area contributed by atoms with Gasteiger partial charge in [0.25, 0.3) is 0 Å². The molecular weight excluding hydrogens is 226 g/mol. The van der Waals surface area contributed by atoms with E-state index in [4.69, 9.17) is 0 Å². The molecule has 0 amide bonds. The lowest BCUT2D eigenvalue weighted by atomic mass is 9.80. The Hall–Kier alpha value is -1.16. The van der Waals surface area contributed by atoms with Crippen LogP contribution in [0, 0.1) is 5.92 Å². The van der Waals surface area contributed by atoms with E-state index in [9.17, 15) is 13.9 Å². The predicted octanol–water partition coefficient (Wildman–Crippen LogP) is 3.51. The molecule has 1 aromatic carbocycles. The molecule has 17 heavy (non-hydrogen) atoms. The van der Waals surface area contributed by atoms with Gasteiger partial charge >= 0.3 is 6.61 Å². The minimum atomic E-state index is -2.85. The molecule has 0 heterocycles. The van der Waals surface area contributed by atoms with Crippen molar-refractivity contribution in [2.45, 2.75) is 38.4 Å². The quantitative estimate of drug-likeness (QED) is 0.856. The molecule has 1 N–H and O–H groups in total. The maximum Gasteiger partial charge on any atom is 0.387 e. The lowest BCUT2D eigenvalue weighted by Crippen LogP contribution is -2.15. The van der Waals surface area contributed by atoms with Gasteiger partial charge in [-0.05, 0) is 18.4 Å². The van der Waals surface area contributed by atoms with Crippen molar-refractivity contribution in [3.63, 3.8) is 0 Å². The van der Waals surface area contributed by atoms with Crippen LogP contribution < -0.4 is 4.74 Å². The minimum Gasteiger partial charge on any atom is -0.434 e. The van der Waals surface area contributed by atoms with Gasteiger partial charge in [0.15, 0.2) is 0 Å². The zero-order valence-corrected chi connectivity index (χ0v) is 9.48. The Morgan fingerprint density at radius 1 is 1.29 bits per heavy atom. The summed E-state index contributed by atoms with van der Waals surface area (Å²) in [5.74, 6) is 0.596. The molecule has 1 unspecified atom stereocenters. The van der Waals surface area contributed by atoms with Gasteiger partial charge in [-0.3, -0.25) is 0 Å². The van der Waals surface area contributed by atoms with Crippen LogP contribution in [-0.2, 0) is 0 Å². The lowest BCUT2D eigenvalue weighted by molar-refractivity contribution is -0.0518. The van der Waals surface area contributed by atoms with Crippen molar-refractivity contribution in [3.05, 3.63) is 29.8 Å². The van der Waals surface area contributed by atoms with Crippen LogP contribution in [0.2, 0.25) is 0 Å². The number of benzene rings is 1. The summed E-state index contributed by atoms with van der Waals surface area (Å²) < 4.78 is 28.8. The second-order valence-corrected chi connectivity index (χ2v) is 4.46. The molecule has 2 nitrogen and oxygen atoms in total. The number of rotatable bonds is 5. The summed E-state index contributed by atoms with van der Waals surface area (Å²) in [5, 5.41) is 10.0. The number of alkyl halides is 2. The van der Waals surface area contributed by atoms with Crippen LogP contribution in [0.5, 0.6) is 5.75 Å². The number of aliphatic hydroxyl groups excluding tert-OH is 1. The molecular formula is C13H16F2O2. The average molecular weight is 242 g/mol. The van der Waals surface area contributed by atoms with Gasteiger partial charge in [0.1, 0.15) is 5.75 Å². The summed E-state index contributed by atoms with van der Waals surface area (Å²) in [7, 11) is 0. The first-order valence-electron chi connectivity index (χ1n) is 5.88. The Bertz CT molecular complexity index is 364. The van der Waals surface area contributed by atoms with E-state index in [1.54, 1.807) is 18.2 Å². The van der Waals surface area contributed by atoms with Gasteiger partial charge in [0, 0.05) is 5.56 Å². The first-order valence-corrected chi connectivity index (χ1v) is 5.88. The molecule has 1 fully saturated rings. The number of hydrogen-bond acceptors (Lipinski definition) is 2. The van der Waals surface area contributed by atoms with Gasteiger partial charge in [-0.15, -0.1) is 0 Å². The SMILES string of the molecule is OC(CC1CCC1)c1ccccc1OC(F)F. The van der Waals surface area contributed by atoms with Crippen molar-refractivity contribution >= 4 is 0 Å². The molecule has 1 atom stereocenters. The van der Waals surface area contributed by atoms with E-state index in [-0.39, 0.29) is 5.75 Å². The van der Waals surface area contributed by atoms with Gasteiger partial charge in [0.05, 0.1) is 6.10 Å². The maximum absolute atomic E-state index is 12.2. The molecule has 0 radical (unpaired) electrons. The van der Waals surface area contributed by atoms with Gasteiger partial charge in [-0.25, -0.2) is 0 Å². The number of halogens is 2. The first-order chi connectivity index (χ1) is 8.16. The normalized spacial score (nSPS) is 17.9. The van der Waals surface area contributed by atoms with E-state index in [0.29, 0.717) is 17.9 Å². The highest BCUT2D eigenvalue weighted by Crippen LogP contribution is 2.37. The Morgan fingerprint density at radius 3 is 2.59 bits per heavy atom. The molecule has 4 heteroatoms. The molecule has 0 aliphatic heterocycles. The fourth-order valence-corrected chi connectivity index (χ4v) is 2.13. The van der Waals surface area contributed by atoms with Crippen molar-refractivity contribution < 1.29 is 18.6 Å². The molecule has 1 aromatic rings. The fraction of sp³-hybridized carbons (Fsp3) is 0.538. The van der Waals surface area contributed by atoms with Crippen LogP contribution in [0.4, 0.5) is 8.78 Å². The van der Waals surface area contributed by atoms with E-state index < -0.39 is 12.7 Å². The van der Waals surface area contributed by atoms with Gasteiger partial charge in [-0.2, -0.15) is 8.78 Å².